The van der Waals surface area contributed by atoms with Gasteiger partial charge in [0.25, 0.3) is 0 Å². The van der Waals surface area contributed by atoms with Crippen molar-refractivity contribution in [2.45, 2.75) is 26.7 Å². The summed E-state index contributed by atoms with van der Waals surface area (Å²) >= 11 is 0. The van der Waals surface area contributed by atoms with Gasteiger partial charge in [0.05, 0.1) is 5.69 Å². The van der Waals surface area contributed by atoms with Gasteiger partial charge < -0.3 is 10.3 Å². The molecule has 3 nitrogen and oxygen atoms in total. The van der Waals surface area contributed by atoms with Crippen molar-refractivity contribution in [3.63, 3.8) is 0 Å². The number of hydrogen-bond donors (Lipinski definition) is 2. The Balaban J connectivity index is 2.16. The van der Waals surface area contributed by atoms with E-state index in [4.69, 9.17) is 4.98 Å². The number of nitrogens with one attached hydrogen (secondary N) is 2. The van der Waals surface area contributed by atoms with Crippen molar-refractivity contribution in [3.8, 4) is 11.3 Å². The Morgan fingerprint density at radius 1 is 1.17 bits per heavy atom. The standard InChI is InChI=1S/C15H21N3/c1-11-6-8-13(9-7-11)15-12(2)17-14(18-15)5-4-10-16-3/h6-9,16H,4-5,10H2,1-3H3,(H,17,18). The highest BCUT2D eigenvalue weighted by Crippen LogP contribution is 2.21. The van der Waals surface area contributed by atoms with Crippen LogP contribution >= 0.6 is 0 Å². The fraction of sp³-hybridized carbons (Fsp3) is 0.400. The van der Waals surface area contributed by atoms with Crippen molar-refractivity contribution in [1.82, 2.24) is 15.3 Å². The predicted molar refractivity (Wildman–Crippen MR) is 75.7 cm³/mol. The van der Waals surface area contributed by atoms with Gasteiger partial charge >= 0.3 is 0 Å². The highest BCUT2D eigenvalue weighted by atomic mass is 14.9. The molecule has 0 aliphatic heterocycles. The van der Waals surface area contributed by atoms with Gasteiger partial charge in [0.1, 0.15) is 5.82 Å². The number of benzene rings is 1. The number of imidazole rings is 1. The molecule has 2 N–H and O–H groups in total. The fourth-order valence-electron chi connectivity index (χ4n) is 2.07. The van der Waals surface area contributed by atoms with Crippen molar-refractivity contribution in [1.29, 1.82) is 0 Å². The highest BCUT2D eigenvalue weighted by Gasteiger charge is 2.08. The average Bonchev–Trinajstić information content (AvgIpc) is 2.72. The molecule has 2 aromatic rings. The summed E-state index contributed by atoms with van der Waals surface area (Å²) in [5.74, 6) is 1.08. The summed E-state index contributed by atoms with van der Waals surface area (Å²) in [7, 11) is 1.98. The third-order valence-corrected chi connectivity index (χ3v) is 3.10. The first-order valence-electron chi connectivity index (χ1n) is 6.48. The van der Waals surface area contributed by atoms with Crippen molar-refractivity contribution in [2.24, 2.45) is 0 Å². The molecule has 1 aromatic heterocycles. The molecule has 0 amide bonds. The maximum Gasteiger partial charge on any atom is 0.107 e. The molecule has 0 saturated heterocycles. The molecule has 0 spiro atoms. The van der Waals surface area contributed by atoms with E-state index < -0.39 is 0 Å². The average molecular weight is 243 g/mol. The van der Waals surface area contributed by atoms with Crippen LogP contribution in [0.25, 0.3) is 11.3 Å². The molecule has 0 fully saturated rings. The number of rotatable bonds is 5. The first-order valence-corrected chi connectivity index (χ1v) is 6.48. The summed E-state index contributed by atoms with van der Waals surface area (Å²) in [4.78, 5) is 8.08. The molecule has 0 bridgehead atoms. The Morgan fingerprint density at radius 2 is 1.89 bits per heavy atom. The van der Waals surface area contributed by atoms with Crippen molar-refractivity contribution >= 4 is 0 Å². The molecule has 0 aliphatic rings. The van der Waals surface area contributed by atoms with Gasteiger partial charge in [-0.1, -0.05) is 29.8 Å². The third kappa shape index (κ3) is 2.99. The van der Waals surface area contributed by atoms with Crippen molar-refractivity contribution in [3.05, 3.63) is 41.3 Å². The number of aromatic amines is 1. The van der Waals surface area contributed by atoms with Crippen LogP contribution in [-0.4, -0.2) is 23.6 Å². The minimum absolute atomic E-state index is 0.994. The maximum absolute atomic E-state index is 4.70. The van der Waals surface area contributed by atoms with Crippen LogP contribution in [0.3, 0.4) is 0 Å². The topological polar surface area (TPSA) is 40.7 Å². The molecule has 1 aromatic carbocycles. The quantitative estimate of drug-likeness (QED) is 0.793. The van der Waals surface area contributed by atoms with Crippen molar-refractivity contribution < 1.29 is 0 Å². The van der Waals surface area contributed by atoms with E-state index in [-0.39, 0.29) is 0 Å². The molecule has 2 rings (SSSR count). The molecule has 1 heterocycles. The molecule has 0 radical (unpaired) electrons. The van der Waals surface area contributed by atoms with Gasteiger partial charge in [0.2, 0.25) is 0 Å². The van der Waals surface area contributed by atoms with Crippen LogP contribution in [0.1, 0.15) is 23.5 Å². The first-order chi connectivity index (χ1) is 8.70. The molecule has 0 saturated carbocycles. The molecule has 18 heavy (non-hydrogen) atoms. The summed E-state index contributed by atoms with van der Waals surface area (Å²) in [5, 5.41) is 3.16. The zero-order valence-corrected chi connectivity index (χ0v) is 11.4. The monoisotopic (exact) mass is 243 g/mol. The van der Waals surface area contributed by atoms with Gasteiger partial charge in [-0.2, -0.15) is 0 Å². The van der Waals surface area contributed by atoms with E-state index in [1.165, 1.54) is 11.1 Å². The molecule has 96 valence electrons. The van der Waals surface area contributed by atoms with E-state index in [0.717, 1.165) is 36.6 Å². The molecule has 0 aliphatic carbocycles. The van der Waals surface area contributed by atoms with Crippen molar-refractivity contribution in [2.75, 3.05) is 13.6 Å². The second-order valence-corrected chi connectivity index (χ2v) is 4.73. The van der Waals surface area contributed by atoms with E-state index in [1.54, 1.807) is 0 Å². The van der Waals surface area contributed by atoms with E-state index in [1.807, 2.05) is 7.05 Å². The van der Waals surface area contributed by atoms with Crippen LogP contribution in [0, 0.1) is 13.8 Å². The molecular formula is C15H21N3. The van der Waals surface area contributed by atoms with E-state index in [2.05, 4.69) is 48.4 Å². The Kier molecular flexibility index (Phi) is 4.15. The largest absolute Gasteiger partial charge is 0.346 e. The molecule has 3 heteroatoms. The van der Waals surface area contributed by atoms with Gasteiger partial charge in [-0.25, -0.2) is 4.98 Å². The van der Waals surface area contributed by atoms with E-state index in [9.17, 15) is 0 Å². The lowest BCUT2D eigenvalue weighted by atomic mass is 10.1. The lowest BCUT2D eigenvalue weighted by Gasteiger charge is -1.99. The molecule has 0 unspecified atom stereocenters. The van der Waals surface area contributed by atoms with Crippen LogP contribution in [-0.2, 0) is 6.42 Å². The minimum atomic E-state index is 0.994. The number of hydrogen-bond acceptors (Lipinski definition) is 2. The third-order valence-electron chi connectivity index (χ3n) is 3.10. The smallest absolute Gasteiger partial charge is 0.107 e. The SMILES string of the molecule is CNCCCc1nc(-c2ccc(C)cc2)c(C)[nH]1. The number of nitrogens with zero attached hydrogens (tertiary/aromatic N) is 1. The summed E-state index contributed by atoms with van der Waals surface area (Å²) < 4.78 is 0. The van der Waals surface area contributed by atoms with Gasteiger partial charge in [-0.05, 0) is 33.9 Å². The Bertz CT molecular complexity index is 497. The highest BCUT2D eigenvalue weighted by molar-refractivity contribution is 5.62. The van der Waals surface area contributed by atoms with Crippen LogP contribution in [0.15, 0.2) is 24.3 Å². The van der Waals surface area contributed by atoms with Gasteiger partial charge in [0.15, 0.2) is 0 Å². The van der Waals surface area contributed by atoms with Gasteiger partial charge in [0, 0.05) is 17.7 Å². The Morgan fingerprint density at radius 3 is 2.56 bits per heavy atom. The van der Waals surface area contributed by atoms with Gasteiger partial charge in [-0.3, -0.25) is 0 Å². The normalized spacial score (nSPS) is 10.8. The maximum atomic E-state index is 4.70. The molecular weight excluding hydrogens is 222 g/mol. The Hall–Kier alpha value is -1.61. The lowest BCUT2D eigenvalue weighted by molar-refractivity contribution is 0.707. The Labute approximate surface area is 109 Å². The zero-order valence-electron chi connectivity index (χ0n) is 11.4. The van der Waals surface area contributed by atoms with Crippen LogP contribution < -0.4 is 5.32 Å². The predicted octanol–water partition coefficient (Wildman–Crippen LogP) is 2.85. The van der Waals surface area contributed by atoms with Gasteiger partial charge in [-0.15, -0.1) is 0 Å². The fourth-order valence-corrected chi connectivity index (χ4v) is 2.07. The second-order valence-electron chi connectivity index (χ2n) is 4.73. The number of aryl methyl sites for hydroxylation is 3. The summed E-state index contributed by atoms with van der Waals surface area (Å²) in [6, 6.07) is 8.53. The summed E-state index contributed by atoms with van der Waals surface area (Å²) in [6.45, 7) is 5.22. The van der Waals surface area contributed by atoms with E-state index in [0.29, 0.717) is 0 Å². The minimum Gasteiger partial charge on any atom is -0.346 e. The summed E-state index contributed by atoms with van der Waals surface area (Å²) in [6.07, 6.45) is 2.10. The second kappa shape index (κ2) is 5.83. The van der Waals surface area contributed by atoms with Crippen LogP contribution in [0.4, 0.5) is 0 Å². The van der Waals surface area contributed by atoms with E-state index >= 15 is 0 Å². The van der Waals surface area contributed by atoms with Crippen LogP contribution in [0.2, 0.25) is 0 Å². The lowest BCUT2D eigenvalue weighted by Crippen LogP contribution is -2.08. The summed E-state index contributed by atoms with van der Waals surface area (Å²) in [5.41, 5.74) is 4.70. The number of aromatic nitrogens is 2. The number of H-pyrrole nitrogens is 1. The zero-order chi connectivity index (χ0) is 13.0. The first kappa shape index (κ1) is 12.8. The molecule has 0 atom stereocenters. The van der Waals surface area contributed by atoms with Crippen LogP contribution in [0.5, 0.6) is 0 Å².